The summed E-state index contributed by atoms with van der Waals surface area (Å²) in [7, 11) is 0. The maximum Gasteiger partial charge on any atom is 0.338 e. The Morgan fingerprint density at radius 2 is 1.90 bits per heavy atom. The van der Waals surface area contributed by atoms with Crippen LogP contribution in [0.15, 0.2) is 70.9 Å². The molecule has 0 spiro atoms. The van der Waals surface area contributed by atoms with Gasteiger partial charge in [-0.05, 0) is 37.1 Å². The van der Waals surface area contributed by atoms with Crippen molar-refractivity contribution in [2.24, 2.45) is 4.99 Å². The molecule has 4 rings (SSSR count). The first-order chi connectivity index (χ1) is 15.1. The Kier molecular flexibility index (Phi) is 6.42. The number of amidine groups is 1. The topological polar surface area (TPSA) is 68.2 Å². The summed E-state index contributed by atoms with van der Waals surface area (Å²) in [6.07, 6.45) is 0.405. The first-order valence-corrected chi connectivity index (χ1v) is 11.2. The van der Waals surface area contributed by atoms with Gasteiger partial charge in [-0.3, -0.25) is 9.69 Å². The number of hydrogen-bond donors (Lipinski definition) is 0. The number of amides is 1. The number of rotatable bonds is 6. The van der Waals surface area contributed by atoms with Crippen LogP contribution in [-0.2, 0) is 20.9 Å². The van der Waals surface area contributed by atoms with Gasteiger partial charge in [-0.25, -0.2) is 9.79 Å². The second kappa shape index (κ2) is 9.39. The number of allylic oxidation sites excluding steroid dienone is 1. The normalized spacial score (nSPS) is 18.4. The lowest BCUT2D eigenvalue weighted by Gasteiger charge is -2.38. The van der Waals surface area contributed by atoms with Gasteiger partial charge in [-0.2, -0.15) is 0 Å². The van der Waals surface area contributed by atoms with Crippen molar-refractivity contribution in [3.05, 3.63) is 77.0 Å². The quantitative estimate of drug-likeness (QED) is 0.625. The van der Waals surface area contributed by atoms with E-state index in [1.165, 1.54) is 11.8 Å². The summed E-state index contributed by atoms with van der Waals surface area (Å²) in [4.78, 5) is 32.3. The fourth-order valence-electron chi connectivity index (χ4n) is 3.69. The molecule has 2 aliphatic heterocycles. The Labute approximate surface area is 185 Å². The molecule has 1 saturated heterocycles. The molecule has 2 aromatic carbocycles. The minimum atomic E-state index is -0.577. The maximum absolute atomic E-state index is 13.2. The van der Waals surface area contributed by atoms with Crippen molar-refractivity contribution >= 4 is 28.8 Å². The molecular weight excluding hydrogens is 412 g/mol. The molecule has 1 amide bonds. The molecule has 0 aliphatic carbocycles. The highest BCUT2D eigenvalue weighted by Crippen LogP contribution is 2.40. The van der Waals surface area contributed by atoms with Crippen LogP contribution >= 0.6 is 11.8 Å². The van der Waals surface area contributed by atoms with Crippen LogP contribution in [0, 0.1) is 0 Å². The van der Waals surface area contributed by atoms with Gasteiger partial charge in [0.05, 0.1) is 23.9 Å². The Morgan fingerprint density at radius 1 is 1.16 bits per heavy atom. The highest BCUT2D eigenvalue weighted by molar-refractivity contribution is 8.14. The summed E-state index contributed by atoms with van der Waals surface area (Å²) >= 11 is 1.53. The number of esters is 1. The molecule has 0 bridgehead atoms. The van der Waals surface area contributed by atoms with Gasteiger partial charge < -0.3 is 9.47 Å². The van der Waals surface area contributed by atoms with Crippen molar-refractivity contribution in [3.63, 3.8) is 0 Å². The van der Waals surface area contributed by atoms with Gasteiger partial charge in [0, 0.05) is 12.2 Å². The Hall–Kier alpha value is -3.06. The van der Waals surface area contributed by atoms with Gasteiger partial charge in [0.25, 0.3) is 0 Å². The summed E-state index contributed by atoms with van der Waals surface area (Å²) in [6, 6.07) is 16.4. The highest BCUT2D eigenvalue weighted by atomic mass is 32.2. The van der Waals surface area contributed by atoms with Crippen LogP contribution in [-0.4, -0.2) is 34.3 Å². The molecule has 1 atom stereocenters. The van der Waals surface area contributed by atoms with Crippen LogP contribution in [0.1, 0.15) is 37.4 Å². The average molecular weight is 437 g/mol. The van der Waals surface area contributed by atoms with Gasteiger partial charge in [0.1, 0.15) is 12.4 Å². The Morgan fingerprint density at radius 3 is 2.61 bits per heavy atom. The predicted octanol–water partition coefficient (Wildman–Crippen LogP) is 4.48. The lowest BCUT2D eigenvalue weighted by Crippen LogP contribution is -2.45. The van der Waals surface area contributed by atoms with Gasteiger partial charge in [0.2, 0.25) is 5.91 Å². The largest absolute Gasteiger partial charge is 0.494 e. The van der Waals surface area contributed by atoms with Crippen LogP contribution in [0.2, 0.25) is 0 Å². The molecule has 0 unspecified atom stereocenters. The Balaban J connectivity index is 1.69. The molecule has 1 fully saturated rings. The zero-order valence-corrected chi connectivity index (χ0v) is 18.4. The van der Waals surface area contributed by atoms with E-state index in [0.717, 1.165) is 16.9 Å². The van der Waals surface area contributed by atoms with E-state index in [1.54, 1.807) is 11.8 Å². The van der Waals surface area contributed by atoms with Crippen LogP contribution in [0.4, 0.5) is 0 Å². The molecule has 2 aromatic rings. The third kappa shape index (κ3) is 4.51. The lowest BCUT2D eigenvalue weighted by molar-refractivity contribution is -0.141. The monoisotopic (exact) mass is 436 g/mol. The smallest absolute Gasteiger partial charge is 0.338 e. The van der Waals surface area contributed by atoms with E-state index in [-0.39, 0.29) is 12.5 Å². The summed E-state index contributed by atoms with van der Waals surface area (Å²) in [6.45, 7) is 4.45. The second-order valence-corrected chi connectivity index (χ2v) is 8.28. The number of ether oxygens (including phenoxy) is 2. The Bertz CT molecular complexity index is 1030. The molecule has 0 saturated carbocycles. The third-order valence-corrected chi connectivity index (χ3v) is 6.10. The number of nitrogens with zero attached hydrogens (tertiary/aromatic N) is 2. The summed E-state index contributed by atoms with van der Waals surface area (Å²) in [5.41, 5.74) is 2.68. The molecule has 2 heterocycles. The number of thioether (sulfide) groups is 1. The maximum atomic E-state index is 13.2. The molecule has 0 aromatic heterocycles. The number of hydrogen-bond acceptors (Lipinski definition) is 6. The first kappa shape index (κ1) is 21.2. The average Bonchev–Trinajstić information content (AvgIpc) is 2.78. The number of benzene rings is 2. The van der Waals surface area contributed by atoms with E-state index in [1.807, 2.05) is 61.5 Å². The van der Waals surface area contributed by atoms with Crippen LogP contribution < -0.4 is 4.74 Å². The van der Waals surface area contributed by atoms with Gasteiger partial charge in [0.15, 0.2) is 5.17 Å². The van der Waals surface area contributed by atoms with Gasteiger partial charge in [-0.15, -0.1) is 0 Å². The summed E-state index contributed by atoms with van der Waals surface area (Å²) in [5.74, 6) is 0.915. The van der Waals surface area contributed by atoms with E-state index in [9.17, 15) is 9.59 Å². The molecule has 2 aliphatic rings. The van der Waals surface area contributed by atoms with Crippen molar-refractivity contribution in [1.82, 2.24) is 4.90 Å². The minimum absolute atomic E-state index is 0.0442. The van der Waals surface area contributed by atoms with E-state index in [0.29, 0.717) is 35.2 Å². The molecular formula is C24H24N2O4S. The molecule has 0 N–H and O–H groups in total. The fourth-order valence-corrected chi connectivity index (χ4v) is 4.69. The van der Waals surface area contributed by atoms with E-state index < -0.39 is 12.0 Å². The van der Waals surface area contributed by atoms with Gasteiger partial charge >= 0.3 is 5.97 Å². The van der Waals surface area contributed by atoms with Crippen LogP contribution in [0.5, 0.6) is 5.75 Å². The fraction of sp³-hybridized carbons (Fsp3) is 0.292. The number of carbonyl (C=O) groups is 2. The van der Waals surface area contributed by atoms with Crippen molar-refractivity contribution in [2.75, 3.05) is 12.4 Å². The van der Waals surface area contributed by atoms with E-state index >= 15 is 0 Å². The molecule has 6 nitrogen and oxygen atoms in total. The van der Waals surface area contributed by atoms with Crippen molar-refractivity contribution < 1.29 is 19.1 Å². The third-order valence-electron chi connectivity index (χ3n) is 5.15. The summed E-state index contributed by atoms with van der Waals surface area (Å²) < 4.78 is 11.2. The van der Waals surface area contributed by atoms with Gasteiger partial charge in [-0.1, -0.05) is 54.2 Å². The number of carbonyl (C=O) groups excluding carboxylic acids is 2. The predicted molar refractivity (Wildman–Crippen MR) is 121 cm³/mol. The first-order valence-electron chi connectivity index (χ1n) is 10.3. The van der Waals surface area contributed by atoms with Crippen LogP contribution in [0.3, 0.4) is 0 Å². The van der Waals surface area contributed by atoms with Crippen LogP contribution in [0.25, 0.3) is 0 Å². The number of aliphatic imine (C=N–C) groups is 1. The molecule has 7 heteroatoms. The van der Waals surface area contributed by atoms with Crippen molar-refractivity contribution in [2.45, 2.75) is 32.9 Å². The molecule has 31 heavy (non-hydrogen) atoms. The van der Waals surface area contributed by atoms with Crippen molar-refractivity contribution in [1.29, 1.82) is 0 Å². The number of fused-ring (bicyclic) bond motifs is 1. The van der Waals surface area contributed by atoms with E-state index in [4.69, 9.17) is 9.47 Å². The SMILES string of the molecule is CCOc1ccc([C@H]2C(C(=O)OCc3ccccc3)=C(C)N=C3SCCC(=O)N32)cc1. The van der Waals surface area contributed by atoms with Crippen molar-refractivity contribution in [3.8, 4) is 5.75 Å². The molecule has 160 valence electrons. The zero-order valence-electron chi connectivity index (χ0n) is 17.5. The van der Waals surface area contributed by atoms with E-state index in [2.05, 4.69) is 4.99 Å². The lowest BCUT2D eigenvalue weighted by atomic mass is 9.94. The minimum Gasteiger partial charge on any atom is -0.494 e. The molecule has 0 radical (unpaired) electrons. The summed E-state index contributed by atoms with van der Waals surface area (Å²) in [5, 5.41) is 0.632. The zero-order chi connectivity index (χ0) is 21.8. The standard InChI is InChI=1S/C24H24N2O4S/c1-3-29-19-11-9-18(10-12-19)22-21(23(28)30-15-17-7-5-4-6-8-17)16(2)25-24-26(22)20(27)13-14-31-24/h4-12,22H,3,13-15H2,1-2H3/t22-/m0/s1. The second-order valence-electron chi connectivity index (χ2n) is 7.22. The highest BCUT2D eigenvalue weighted by Gasteiger charge is 2.41.